The second-order valence-corrected chi connectivity index (χ2v) is 6.07. The number of benzene rings is 1. The molecule has 0 atom stereocenters. The molecule has 0 spiro atoms. The molecule has 0 N–H and O–H groups in total. The highest BCUT2D eigenvalue weighted by Gasteiger charge is 2.31. The Morgan fingerprint density at radius 3 is 2.20 bits per heavy atom. The van der Waals surface area contributed by atoms with E-state index in [-0.39, 0.29) is 11.2 Å². The number of rotatable bonds is 5. The second kappa shape index (κ2) is 6.51. The van der Waals surface area contributed by atoms with Crippen molar-refractivity contribution in [2.24, 2.45) is 0 Å². The van der Waals surface area contributed by atoms with Gasteiger partial charge in [-0.25, -0.2) is 0 Å². The molecule has 20 heavy (non-hydrogen) atoms. The van der Waals surface area contributed by atoms with Gasteiger partial charge in [0, 0.05) is 0 Å². The average Bonchev–Trinajstić information content (AvgIpc) is 2.27. The Labute approximate surface area is 119 Å². The number of ether oxygens (including phenoxy) is 1. The molecular formula is C16H23F3O. The highest BCUT2D eigenvalue weighted by molar-refractivity contribution is 5.40. The monoisotopic (exact) mass is 288 g/mol. The summed E-state index contributed by atoms with van der Waals surface area (Å²) in [6.07, 6.45) is -0.435. The SMILES string of the molecule is CCCCCc1ccc(OC(F)(F)F)cc1C(C)(C)C. The van der Waals surface area contributed by atoms with Crippen LogP contribution in [0.1, 0.15) is 58.1 Å². The number of unbranched alkanes of at least 4 members (excludes halogenated alkanes) is 2. The summed E-state index contributed by atoms with van der Waals surface area (Å²) in [6.45, 7) is 8.14. The van der Waals surface area contributed by atoms with Crippen molar-refractivity contribution in [3.63, 3.8) is 0 Å². The minimum absolute atomic E-state index is 0.137. The fourth-order valence-corrected chi connectivity index (χ4v) is 2.23. The molecule has 0 bridgehead atoms. The quantitative estimate of drug-likeness (QED) is 0.639. The van der Waals surface area contributed by atoms with Gasteiger partial charge in [0.1, 0.15) is 5.75 Å². The first-order valence-electron chi connectivity index (χ1n) is 7.02. The topological polar surface area (TPSA) is 9.23 Å². The summed E-state index contributed by atoms with van der Waals surface area (Å²) in [6, 6.07) is 4.69. The molecule has 1 nitrogen and oxygen atoms in total. The zero-order valence-corrected chi connectivity index (χ0v) is 12.6. The van der Waals surface area contributed by atoms with Gasteiger partial charge in [0.15, 0.2) is 0 Å². The highest BCUT2D eigenvalue weighted by Crippen LogP contribution is 2.32. The molecule has 4 heteroatoms. The summed E-state index contributed by atoms with van der Waals surface area (Å²) in [4.78, 5) is 0. The Balaban J connectivity index is 3.01. The Morgan fingerprint density at radius 1 is 1.05 bits per heavy atom. The van der Waals surface area contributed by atoms with Crippen molar-refractivity contribution in [3.05, 3.63) is 29.3 Å². The Kier molecular flexibility index (Phi) is 5.49. The van der Waals surface area contributed by atoms with E-state index in [4.69, 9.17) is 0 Å². The van der Waals surface area contributed by atoms with Crippen LogP contribution in [0.15, 0.2) is 18.2 Å². The third-order valence-electron chi connectivity index (χ3n) is 3.17. The van der Waals surface area contributed by atoms with Crippen molar-refractivity contribution in [1.29, 1.82) is 0 Å². The van der Waals surface area contributed by atoms with Crippen LogP contribution in [0.3, 0.4) is 0 Å². The van der Waals surface area contributed by atoms with Crippen LogP contribution in [-0.4, -0.2) is 6.36 Å². The molecule has 0 aliphatic rings. The average molecular weight is 288 g/mol. The van der Waals surface area contributed by atoms with Gasteiger partial charge in [-0.1, -0.05) is 46.6 Å². The van der Waals surface area contributed by atoms with E-state index in [9.17, 15) is 13.2 Å². The molecule has 0 saturated carbocycles. The van der Waals surface area contributed by atoms with Crippen molar-refractivity contribution < 1.29 is 17.9 Å². The summed E-state index contributed by atoms with van der Waals surface area (Å²) in [5, 5.41) is 0. The van der Waals surface area contributed by atoms with E-state index in [0.717, 1.165) is 36.8 Å². The van der Waals surface area contributed by atoms with Crippen LogP contribution in [0.25, 0.3) is 0 Å². The predicted octanol–water partition coefficient (Wildman–Crippen LogP) is 5.62. The number of hydrogen-bond acceptors (Lipinski definition) is 1. The Morgan fingerprint density at radius 2 is 1.70 bits per heavy atom. The summed E-state index contributed by atoms with van der Waals surface area (Å²) in [7, 11) is 0. The van der Waals surface area contributed by atoms with E-state index in [0.29, 0.717) is 0 Å². The summed E-state index contributed by atoms with van der Waals surface area (Å²) in [5.41, 5.74) is 1.84. The molecule has 0 unspecified atom stereocenters. The van der Waals surface area contributed by atoms with Crippen molar-refractivity contribution >= 4 is 0 Å². The Bertz CT molecular complexity index is 430. The standard InChI is InChI=1S/C16H23F3O/c1-5-6-7-8-12-9-10-13(20-16(17,18)19)11-14(12)15(2,3)4/h9-11H,5-8H2,1-4H3. The van der Waals surface area contributed by atoms with Gasteiger partial charge < -0.3 is 4.74 Å². The van der Waals surface area contributed by atoms with Gasteiger partial charge in [-0.3, -0.25) is 0 Å². The van der Waals surface area contributed by atoms with Crippen LogP contribution in [0, 0.1) is 0 Å². The van der Waals surface area contributed by atoms with E-state index in [1.54, 1.807) is 6.07 Å². The first-order valence-corrected chi connectivity index (χ1v) is 7.02. The lowest BCUT2D eigenvalue weighted by Gasteiger charge is -2.24. The fraction of sp³-hybridized carbons (Fsp3) is 0.625. The third kappa shape index (κ3) is 5.43. The first-order chi connectivity index (χ1) is 9.13. The molecular weight excluding hydrogens is 265 g/mol. The molecule has 0 aliphatic heterocycles. The van der Waals surface area contributed by atoms with Gasteiger partial charge >= 0.3 is 6.36 Å². The maximum absolute atomic E-state index is 12.3. The maximum atomic E-state index is 12.3. The highest BCUT2D eigenvalue weighted by atomic mass is 19.4. The van der Waals surface area contributed by atoms with E-state index < -0.39 is 6.36 Å². The molecule has 1 aromatic carbocycles. The zero-order valence-electron chi connectivity index (χ0n) is 12.6. The van der Waals surface area contributed by atoms with Crippen LogP contribution >= 0.6 is 0 Å². The molecule has 0 fully saturated rings. The second-order valence-electron chi connectivity index (χ2n) is 6.07. The summed E-state index contributed by atoms with van der Waals surface area (Å²) in [5.74, 6) is -0.137. The van der Waals surface area contributed by atoms with Crippen LogP contribution in [-0.2, 0) is 11.8 Å². The van der Waals surface area contributed by atoms with Gasteiger partial charge in [0.05, 0.1) is 0 Å². The van der Waals surface area contributed by atoms with E-state index in [2.05, 4.69) is 11.7 Å². The van der Waals surface area contributed by atoms with Gasteiger partial charge in [0.2, 0.25) is 0 Å². The van der Waals surface area contributed by atoms with E-state index >= 15 is 0 Å². The van der Waals surface area contributed by atoms with Gasteiger partial charge in [-0.2, -0.15) is 0 Å². The van der Waals surface area contributed by atoms with Crippen LogP contribution in [0.2, 0.25) is 0 Å². The number of hydrogen-bond donors (Lipinski definition) is 0. The van der Waals surface area contributed by atoms with Crippen molar-refractivity contribution in [2.45, 2.75) is 65.2 Å². The molecule has 0 saturated heterocycles. The third-order valence-corrected chi connectivity index (χ3v) is 3.17. The number of alkyl halides is 3. The zero-order chi connectivity index (χ0) is 15.4. The van der Waals surface area contributed by atoms with Crippen molar-refractivity contribution in [3.8, 4) is 5.75 Å². The van der Waals surface area contributed by atoms with Crippen LogP contribution in [0.4, 0.5) is 13.2 Å². The minimum atomic E-state index is -4.64. The molecule has 0 heterocycles. The maximum Gasteiger partial charge on any atom is 0.573 e. The Hall–Kier alpha value is -1.19. The normalized spacial score (nSPS) is 12.6. The summed E-state index contributed by atoms with van der Waals surface area (Å²) >= 11 is 0. The molecule has 1 aromatic rings. The van der Waals surface area contributed by atoms with Crippen LogP contribution in [0.5, 0.6) is 5.75 Å². The number of halogens is 3. The predicted molar refractivity (Wildman–Crippen MR) is 75.1 cm³/mol. The lowest BCUT2D eigenvalue weighted by Crippen LogP contribution is -2.19. The first kappa shape index (κ1) is 16.9. The molecule has 0 aliphatic carbocycles. The van der Waals surface area contributed by atoms with Gasteiger partial charge in [0.25, 0.3) is 0 Å². The lowest BCUT2D eigenvalue weighted by atomic mass is 9.82. The largest absolute Gasteiger partial charge is 0.573 e. The molecule has 0 aromatic heterocycles. The van der Waals surface area contributed by atoms with E-state index in [1.807, 2.05) is 20.8 Å². The van der Waals surface area contributed by atoms with Gasteiger partial charge in [-0.05, 0) is 41.5 Å². The van der Waals surface area contributed by atoms with Crippen LogP contribution < -0.4 is 4.74 Å². The molecule has 0 amide bonds. The van der Waals surface area contributed by atoms with E-state index in [1.165, 1.54) is 12.1 Å². The van der Waals surface area contributed by atoms with Crippen molar-refractivity contribution in [2.75, 3.05) is 0 Å². The minimum Gasteiger partial charge on any atom is -0.406 e. The smallest absolute Gasteiger partial charge is 0.406 e. The summed E-state index contributed by atoms with van der Waals surface area (Å²) < 4.78 is 40.9. The molecule has 114 valence electrons. The number of aryl methyl sites for hydroxylation is 1. The van der Waals surface area contributed by atoms with Gasteiger partial charge in [-0.15, -0.1) is 13.2 Å². The fourth-order valence-electron chi connectivity index (χ4n) is 2.23. The van der Waals surface area contributed by atoms with Crippen molar-refractivity contribution in [1.82, 2.24) is 0 Å². The lowest BCUT2D eigenvalue weighted by molar-refractivity contribution is -0.274. The molecule has 0 radical (unpaired) electrons. The molecule has 1 rings (SSSR count).